The fraction of sp³-hybridized carbons (Fsp3) is 0.278. The van der Waals surface area contributed by atoms with Crippen LogP contribution in [-0.4, -0.2) is 21.4 Å². The second-order valence-corrected chi connectivity index (χ2v) is 8.08. The van der Waals surface area contributed by atoms with E-state index in [1.807, 2.05) is 12.1 Å². The first-order valence-electron chi connectivity index (χ1n) is 7.82. The Morgan fingerprint density at radius 3 is 2.76 bits per heavy atom. The number of methoxy groups -OCH3 is 1. The van der Waals surface area contributed by atoms with Crippen molar-refractivity contribution < 1.29 is 17.9 Å². The number of aryl methyl sites for hydroxylation is 1. The van der Waals surface area contributed by atoms with Gasteiger partial charge in [0.25, 0.3) is 10.0 Å². The van der Waals surface area contributed by atoms with E-state index >= 15 is 0 Å². The van der Waals surface area contributed by atoms with Crippen LogP contribution in [0.25, 0.3) is 0 Å². The molecule has 5 nitrogen and oxygen atoms in total. The van der Waals surface area contributed by atoms with Crippen LogP contribution in [0.2, 0.25) is 5.02 Å². The molecule has 1 aliphatic rings. The Morgan fingerprint density at radius 2 is 2.04 bits per heavy atom. The number of amides is 1. The van der Waals surface area contributed by atoms with E-state index in [0.29, 0.717) is 12.8 Å². The number of halogens is 1. The zero-order valence-electron chi connectivity index (χ0n) is 13.9. The number of hydrogen-bond acceptors (Lipinski definition) is 4. The molecule has 1 N–H and O–H groups in total. The zero-order chi connectivity index (χ0) is 18.2. The van der Waals surface area contributed by atoms with Gasteiger partial charge in [-0.1, -0.05) is 29.8 Å². The number of nitrogens with one attached hydrogen (secondary N) is 1. The van der Waals surface area contributed by atoms with Crippen LogP contribution in [0, 0.1) is 6.92 Å². The maximum absolute atomic E-state index is 12.6. The lowest BCUT2D eigenvalue weighted by molar-refractivity contribution is -0.120. The fourth-order valence-electron chi connectivity index (χ4n) is 3.16. The molecule has 0 bridgehead atoms. The SMILES string of the molecule is COc1cccc2c1CCC2C(=O)NS(=O)(=O)c1cc(C)ccc1Cl. The van der Waals surface area contributed by atoms with Crippen LogP contribution in [0.3, 0.4) is 0 Å². The van der Waals surface area contributed by atoms with E-state index in [4.69, 9.17) is 16.3 Å². The standard InChI is InChI=1S/C18H18ClNO4S/c1-11-6-9-15(19)17(10-11)25(22,23)20-18(21)14-8-7-13-12(14)4-3-5-16(13)24-2/h3-6,9-10,14H,7-8H2,1-2H3,(H,20,21). The molecule has 1 aliphatic carbocycles. The molecular formula is C18H18ClNO4S. The predicted octanol–water partition coefficient (Wildman–Crippen LogP) is 3.19. The molecule has 0 radical (unpaired) electrons. The van der Waals surface area contributed by atoms with Gasteiger partial charge in [0.2, 0.25) is 5.91 Å². The highest BCUT2D eigenvalue weighted by molar-refractivity contribution is 7.90. The lowest BCUT2D eigenvalue weighted by atomic mass is 10.0. The third kappa shape index (κ3) is 3.37. The summed E-state index contributed by atoms with van der Waals surface area (Å²) in [6, 6.07) is 10.1. The first kappa shape index (κ1) is 17.8. The number of ether oxygens (including phenoxy) is 1. The van der Waals surface area contributed by atoms with Crippen molar-refractivity contribution in [1.29, 1.82) is 0 Å². The van der Waals surface area contributed by atoms with Crippen LogP contribution in [0.5, 0.6) is 5.75 Å². The minimum absolute atomic E-state index is 0.0828. The highest BCUT2D eigenvalue weighted by atomic mass is 35.5. The summed E-state index contributed by atoms with van der Waals surface area (Å²) in [6.45, 7) is 1.76. The monoisotopic (exact) mass is 379 g/mol. The molecule has 0 spiro atoms. The Hall–Kier alpha value is -2.05. The quantitative estimate of drug-likeness (QED) is 0.885. The summed E-state index contributed by atoms with van der Waals surface area (Å²) >= 11 is 6.00. The van der Waals surface area contributed by atoms with Crippen LogP contribution < -0.4 is 9.46 Å². The Bertz CT molecular complexity index is 940. The van der Waals surface area contributed by atoms with Gasteiger partial charge in [-0.3, -0.25) is 4.79 Å². The van der Waals surface area contributed by atoms with Crippen molar-refractivity contribution in [2.24, 2.45) is 0 Å². The number of sulfonamides is 1. The van der Waals surface area contributed by atoms with Crippen molar-refractivity contribution in [3.05, 3.63) is 58.1 Å². The van der Waals surface area contributed by atoms with Gasteiger partial charge in [0.05, 0.1) is 18.1 Å². The second-order valence-electron chi connectivity index (χ2n) is 6.02. The number of carbonyl (C=O) groups is 1. The Labute approximate surface area is 152 Å². The van der Waals surface area contributed by atoms with E-state index in [1.165, 1.54) is 12.1 Å². The van der Waals surface area contributed by atoms with E-state index in [2.05, 4.69) is 4.72 Å². The van der Waals surface area contributed by atoms with Crippen molar-refractivity contribution in [3.8, 4) is 5.75 Å². The summed E-state index contributed by atoms with van der Waals surface area (Å²) in [6.07, 6.45) is 1.21. The predicted molar refractivity (Wildman–Crippen MR) is 95.6 cm³/mol. The summed E-state index contributed by atoms with van der Waals surface area (Å²) in [7, 11) is -2.45. The molecule has 1 unspecified atom stereocenters. The van der Waals surface area contributed by atoms with Gasteiger partial charge in [0, 0.05) is 0 Å². The lowest BCUT2D eigenvalue weighted by Gasteiger charge is -2.14. The summed E-state index contributed by atoms with van der Waals surface area (Å²) in [5.74, 6) is -0.356. The third-order valence-electron chi connectivity index (χ3n) is 4.38. The van der Waals surface area contributed by atoms with Gasteiger partial charge in [0.15, 0.2) is 0 Å². The Kier molecular flexibility index (Phi) is 4.75. The van der Waals surface area contributed by atoms with Gasteiger partial charge in [-0.05, 0) is 54.7 Å². The second kappa shape index (κ2) is 6.69. The average molecular weight is 380 g/mol. The van der Waals surface area contributed by atoms with Crippen LogP contribution in [0.1, 0.15) is 29.0 Å². The molecule has 7 heteroatoms. The van der Waals surface area contributed by atoms with Gasteiger partial charge >= 0.3 is 0 Å². The fourth-order valence-corrected chi connectivity index (χ4v) is 4.76. The molecule has 0 fully saturated rings. The first-order chi connectivity index (χ1) is 11.8. The molecule has 25 heavy (non-hydrogen) atoms. The molecule has 1 amide bonds. The summed E-state index contributed by atoms with van der Waals surface area (Å²) in [5.41, 5.74) is 2.51. The minimum Gasteiger partial charge on any atom is -0.496 e. The molecule has 132 valence electrons. The highest BCUT2D eigenvalue weighted by Gasteiger charge is 2.33. The van der Waals surface area contributed by atoms with E-state index in [1.54, 1.807) is 26.2 Å². The Morgan fingerprint density at radius 1 is 1.28 bits per heavy atom. The van der Waals surface area contributed by atoms with E-state index in [-0.39, 0.29) is 9.92 Å². The van der Waals surface area contributed by atoms with Crippen LogP contribution >= 0.6 is 11.6 Å². The highest BCUT2D eigenvalue weighted by Crippen LogP contribution is 2.38. The van der Waals surface area contributed by atoms with E-state index in [0.717, 1.165) is 22.4 Å². The molecule has 0 saturated heterocycles. The van der Waals surface area contributed by atoms with Gasteiger partial charge in [-0.2, -0.15) is 0 Å². The molecule has 2 aromatic carbocycles. The van der Waals surface area contributed by atoms with Gasteiger partial charge < -0.3 is 4.74 Å². The third-order valence-corrected chi connectivity index (χ3v) is 6.20. The topological polar surface area (TPSA) is 72.5 Å². The average Bonchev–Trinajstić information content (AvgIpc) is 3.00. The molecule has 0 saturated carbocycles. The molecule has 1 atom stereocenters. The summed E-state index contributed by atoms with van der Waals surface area (Å²) in [5, 5.41) is 0.0828. The van der Waals surface area contributed by atoms with Crippen LogP contribution in [0.4, 0.5) is 0 Å². The lowest BCUT2D eigenvalue weighted by Crippen LogP contribution is -2.34. The van der Waals surface area contributed by atoms with Gasteiger partial charge in [-0.25, -0.2) is 13.1 Å². The maximum Gasteiger partial charge on any atom is 0.265 e. The van der Waals surface area contributed by atoms with Crippen LogP contribution in [0.15, 0.2) is 41.3 Å². The number of fused-ring (bicyclic) bond motifs is 1. The van der Waals surface area contributed by atoms with E-state index < -0.39 is 21.8 Å². The van der Waals surface area contributed by atoms with Crippen molar-refractivity contribution in [1.82, 2.24) is 4.72 Å². The van der Waals surface area contributed by atoms with Crippen molar-refractivity contribution in [2.75, 3.05) is 7.11 Å². The molecule has 3 rings (SSSR count). The molecule has 0 aromatic heterocycles. The first-order valence-corrected chi connectivity index (χ1v) is 9.68. The van der Waals surface area contributed by atoms with Crippen LogP contribution in [-0.2, 0) is 21.2 Å². The summed E-state index contributed by atoms with van der Waals surface area (Å²) in [4.78, 5) is 12.5. The normalized spacial score (nSPS) is 16.4. The van der Waals surface area contributed by atoms with Crippen molar-refractivity contribution in [3.63, 3.8) is 0 Å². The minimum atomic E-state index is -4.03. The van der Waals surface area contributed by atoms with E-state index in [9.17, 15) is 13.2 Å². The molecule has 0 heterocycles. The number of hydrogen-bond donors (Lipinski definition) is 1. The Balaban J connectivity index is 1.88. The zero-order valence-corrected chi connectivity index (χ0v) is 15.4. The van der Waals surface area contributed by atoms with Crippen molar-refractivity contribution >= 4 is 27.5 Å². The van der Waals surface area contributed by atoms with Gasteiger partial charge in [-0.15, -0.1) is 0 Å². The summed E-state index contributed by atoms with van der Waals surface area (Å²) < 4.78 is 32.6. The molecule has 2 aromatic rings. The van der Waals surface area contributed by atoms with Gasteiger partial charge in [0.1, 0.15) is 10.6 Å². The molecule has 0 aliphatic heterocycles. The van der Waals surface area contributed by atoms with Crippen molar-refractivity contribution in [2.45, 2.75) is 30.6 Å². The number of benzene rings is 2. The molecular weight excluding hydrogens is 362 g/mol. The number of rotatable bonds is 4. The number of carbonyl (C=O) groups excluding carboxylic acids is 1. The smallest absolute Gasteiger partial charge is 0.265 e. The maximum atomic E-state index is 12.6. The largest absolute Gasteiger partial charge is 0.496 e.